The summed E-state index contributed by atoms with van der Waals surface area (Å²) in [5.41, 5.74) is 4.60. The van der Waals surface area contributed by atoms with Crippen molar-refractivity contribution in [3.8, 4) is 5.69 Å². The molecule has 0 spiro atoms. The summed E-state index contributed by atoms with van der Waals surface area (Å²) in [6, 6.07) is 15.8. The molecule has 3 heterocycles. The van der Waals surface area contributed by atoms with E-state index in [1.807, 2.05) is 54.1 Å². The van der Waals surface area contributed by atoms with Crippen LogP contribution in [0.2, 0.25) is 5.15 Å². The zero-order valence-corrected chi connectivity index (χ0v) is 16.8. The predicted octanol–water partition coefficient (Wildman–Crippen LogP) is 4.51. The van der Waals surface area contributed by atoms with Gasteiger partial charge in [-0.2, -0.15) is 5.10 Å². The molecule has 0 aliphatic heterocycles. The topological polar surface area (TPSA) is 62.1 Å². The molecule has 0 saturated heterocycles. The zero-order chi connectivity index (χ0) is 20.1. The van der Waals surface area contributed by atoms with Crippen LogP contribution in [0.4, 0.5) is 0 Å². The lowest BCUT2D eigenvalue weighted by Crippen LogP contribution is -2.07. The van der Waals surface area contributed by atoms with E-state index in [0.29, 0.717) is 31.6 Å². The molecule has 3 aromatic heterocycles. The summed E-state index contributed by atoms with van der Waals surface area (Å²) < 4.78 is 13.3. The molecule has 4 rings (SSSR count). The van der Waals surface area contributed by atoms with Crippen molar-refractivity contribution in [1.82, 2.24) is 19.7 Å². The number of halogens is 1. The Morgan fingerprint density at radius 2 is 1.79 bits per heavy atom. The van der Waals surface area contributed by atoms with Crippen LogP contribution >= 0.6 is 11.6 Å². The van der Waals surface area contributed by atoms with Gasteiger partial charge in [0.15, 0.2) is 0 Å². The average Bonchev–Trinajstić information content (AvgIpc) is 3.15. The van der Waals surface area contributed by atoms with Crippen LogP contribution in [0.3, 0.4) is 0 Å². The van der Waals surface area contributed by atoms with Crippen molar-refractivity contribution in [1.29, 1.82) is 0 Å². The normalized spacial score (nSPS) is 11.2. The van der Waals surface area contributed by atoms with E-state index in [4.69, 9.17) is 21.1 Å². The Labute approximate surface area is 174 Å². The largest absolute Gasteiger partial charge is 0.374 e. The van der Waals surface area contributed by atoms with Gasteiger partial charge >= 0.3 is 0 Å². The van der Waals surface area contributed by atoms with Crippen molar-refractivity contribution >= 4 is 22.5 Å². The highest BCUT2D eigenvalue weighted by Gasteiger charge is 2.13. The highest BCUT2D eigenvalue weighted by atomic mass is 35.5. The molecule has 6 nitrogen and oxygen atoms in total. The summed E-state index contributed by atoms with van der Waals surface area (Å²) in [4.78, 5) is 8.72. The van der Waals surface area contributed by atoms with Gasteiger partial charge < -0.3 is 9.47 Å². The molecular formula is C22H21ClN4O2. The number of aryl methyl sites for hydroxylation is 1. The maximum absolute atomic E-state index is 6.20. The molecule has 0 amide bonds. The fraction of sp³-hybridized carbons (Fsp3) is 0.227. The van der Waals surface area contributed by atoms with Crippen molar-refractivity contribution in [2.45, 2.75) is 20.1 Å². The van der Waals surface area contributed by atoms with Crippen molar-refractivity contribution < 1.29 is 9.47 Å². The van der Waals surface area contributed by atoms with Crippen molar-refractivity contribution in [2.24, 2.45) is 0 Å². The summed E-state index contributed by atoms with van der Waals surface area (Å²) in [7, 11) is 0. The minimum Gasteiger partial charge on any atom is -0.374 e. The second-order valence-electron chi connectivity index (χ2n) is 6.63. The third-order valence-electron chi connectivity index (χ3n) is 4.43. The summed E-state index contributed by atoms with van der Waals surface area (Å²) in [6.45, 7) is 3.80. The van der Waals surface area contributed by atoms with E-state index < -0.39 is 0 Å². The van der Waals surface area contributed by atoms with Crippen LogP contribution in [0.1, 0.15) is 17.0 Å². The highest BCUT2D eigenvalue weighted by Crippen LogP contribution is 2.24. The smallest absolute Gasteiger partial charge is 0.130 e. The number of benzene rings is 1. The monoisotopic (exact) mass is 408 g/mol. The first-order chi connectivity index (χ1) is 14.2. The number of rotatable bonds is 8. The van der Waals surface area contributed by atoms with Crippen molar-refractivity contribution in [3.05, 3.63) is 83.0 Å². The van der Waals surface area contributed by atoms with E-state index in [0.717, 1.165) is 33.5 Å². The summed E-state index contributed by atoms with van der Waals surface area (Å²) >= 11 is 6.20. The Balaban J connectivity index is 1.43. The van der Waals surface area contributed by atoms with Crippen LogP contribution in [0.5, 0.6) is 0 Å². The van der Waals surface area contributed by atoms with Crippen molar-refractivity contribution in [3.63, 3.8) is 0 Å². The van der Waals surface area contributed by atoms with Gasteiger partial charge in [-0.25, -0.2) is 9.67 Å². The van der Waals surface area contributed by atoms with E-state index >= 15 is 0 Å². The molecule has 0 fully saturated rings. The first kappa shape index (κ1) is 19.5. The molecule has 29 heavy (non-hydrogen) atoms. The van der Waals surface area contributed by atoms with E-state index in [1.54, 1.807) is 18.5 Å². The Morgan fingerprint density at radius 1 is 1.00 bits per heavy atom. The number of hydrogen-bond donors (Lipinski definition) is 0. The lowest BCUT2D eigenvalue weighted by molar-refractivity contribution is 0.0332. The summed E-state index contributed by atoms with van der Waals surface area (Å²) in [5, 5.41) is 5.84. The van der Waals surface area contributed by atoms with Crippen LogP contribution in [0, 0.1) is 6.92 Å². The molecular weight excluding hydrogens is 388 g/mol. The molecule has 0 unspecified atom stereocenters. The number of fused-ring (bicyclic) bond motifs is 1. The molecule has 0 bridgehead atoms. The quantitative estimate of drug-likeness (QED) is 0.317. The molecule has 4 aromatic rings. The molecule has 0 aliphatic carbocycles. The number of ether oxygens (including phenoxy) is 2. The third-order valence-corrected chi connectivity index (χ3v) is 4.63. The molecule has 0 N–H and O–H groups in total. The molecule has 0 atom stereocenters. The number of aromatic nitrogens is 4. The Morgan fingerprint density at radius 3 is 2.59 bits per heavy atom. The number of hydrogen-bond acceptors (Lipinski definition) is 5. The van der Waals surface area contributed by atoms with Gasteiger partial charge in [0.05, 0.1) is 49.5 Å². The van der Waals surface area contributed by atoms with Gasteiger partial charge in [0.1, 0.15) is 5.15 Å². The maximum atomic E-state index is 6.20. The lowest BCUT2D eigenvalue weighted by atomic mass is 10.2. The molecule has 7 heteroatoms. The first-order valence-electron chi connectivity index (χ1n) is 9.36. The fourth-order valence-electron chi connectivity index (χ4n) is 3.11. The van der Waals surface area contributed by atoms with Crippen molar-refractivity contribution in [2.75, 3.05) is 13.2 Å². The summed E-state index contributed by atoms with van der Waals surface area (Å²) in [6.07, 6.45) is 3.55. The van der Waals surface area contributed by atoms with Gasteiger partial charge in [0.25, 0.3) is 0 Å². The van der Waals surface area contributed by atoms with Gasteiger partial charge in [-0.3, -0.25) is 4.98 Å². The van der Waals surface area contributed by atoms with Gasteiger partial charge in [0, 0.05) is 17.3 Å². The van der Waals surface area contributed by atoms with E-state index in [1.165, 1.54) is 0 Å². The number of nitrogens with zero attached hydrogens (tertiary/aromatic N) is 4. The minimum atomic E-state index is 0.321. The Kier molecular flexibility index (Phi) is 6.14. The van der Waals surface area contributed by atoms with Crippen LogP contribution in [0.15, 0.2) is 60.9 Å². The maximum Gasteiger partial charge on any atom is 0.130 e. The molecule has 1 aromatic carbocycles. The van der Waals surface area contributed by atoms with Gasteiger partial charge in [0.2, 0.25) is 0 Å². The second-order valence-corrected chi connectivity index (χ2v) is 7.02. The number of pyridine rings is 2. The Hall–Kier alpha value is -2.80. The van der Waals surface area contributed by atoms with E-state index in [9.17, 15) is 0 Å². The average molecular weight is 409 g/mol. The third kappa shape index (κ3) is 4.79. The zero-order valence-electron chi connectivity index (χ0n) is 16.1. The van der Waals surface area contributed by atoms with E-state index in [2.05, 4.69) is 15.1 Å². The summed E-state index contributed by atoms with van der Waals surface area (Å²) in [5.74, 6) is 0. The standard InChI is InChI=1S/C22H21ClN4O2/c1-16-11-19(7-8-24-16)27-22-18(13-25-27)12-21(23)26-20(22)15-29-10-9-28-14-17-5-3-2-4-6-17/h2-8,11-13H,9-10,14-15H2,1H3. The minimum absolute atomic E-state index is 0.321. The SMILES string of the molecule is Cc1cc(-n2ncc3cc(Cl)nc(COCCOCc4ccccc4)c32)ccn1. The van der Waals surface area contributed by atoms with Gasteiger partial charge in [-0.1, -0.05) is 41.9 Å². The molecule has 0 radical (unpaired) electrons. The van der Waals surface area contributed by atoms with Crippen LogP contribution in [0.25, 0.3) is 16.6 Å². The van der Waals surface area contributed by atoms with Crippen LogP contribution < -0.4 is 0 Å². The Bertz CT molecular complexity index is 1100. The lowest BCUT2D eigenvalue weighted by Gasteiger charge is -2.10. The van der Waals surface area contributed by atoms with E-state index in [-0.39, 0.29) is 0 Å². The molecule has 0 aliphatic rings. The van der Waals surface area contributed by atoms with Crippen LogP contribution in [-0.2, 0) is 22.7 Å². The van der Waals surface area contributed by atoms with Gasteiger partial charge in [-0.05, 0) is 30.7 Å². The molecule has 148 valence electrons. The fourth-order valence-corrected chi connectivity index (χ4v) is 3.33. The van der Waals surface area contributed by atoms with Crippen LogP contribution in [-0.4, -0.2) is 33.0 Å². The molecule has 0 saturated carbocycles. The predicted molar refractivity (Wildman–Crippen MR) is 112 cm³/mol. The van der Waals surface area contributed by atoms with Gasteiger partial charge in [-0.15, -0.1) is 0 Å². The second kappa shape index (κ2) is 9.13. The highest BCUT2D eigenvalue weighted by molar-refractivity contribution is 6.30. The first-order valence-corrected chi connectivity index (χ1v) is 9.74.